The molecule has 0 heterocycles. The van der Waals surface area contributed by atoms with Gasteiger partial charge in [-0.05, 0) is 36.4 Å². The van der Waals surface area contributed by atoms with E-state index in [-0.39, 0.29) is 5.78 Å². The molecule has 0 atom stereocenters. The maximum Gasteiger partial charge on any atom is 0.174 e. The number of rotatable bonds is 4. The van der Waals surface area contributed by atoms with E-state index in [1.807, 2.05) is 24.3 Å². The van der Waals surface area contributed by atoms with Crippen molar-refractivity contribution >= 4 is 56.7 Å². The molecule has 0 aliphatic rings. The first-order chi connectivity index (χ1) is 9.06. The standard InChI is InChI=1S/C14H9BrCl2OS/c15-9-2-1-3-11(6-9)19-8-14(18)12-7-10(16)4-5-13(12)17/h1-7H,8H2. The van der Waals surface area contributed by atoms with Crippen molar-refractivity contribution in [3.63, 3.8) is 0 Å². The van der Waals surface area contributed by atoms with E-state index in [1.165, 1.54) is 11.8 Å². The Kier molecular flexibility index (Phi) is 5.34. The Morgan fingerprint density at radius 2 is 1.95 bits per heavy atom. The minimum Gasteiger partial charge on any atom is -0.293 e. The largest absolute Gasteiger partial charge is 0.293 e. The zero-order valence-electron chi connectivity index (χ0n) is 9.70. The molecule has 98 valence electrons. The number of thioether (sulfide) groups is 1. The van der Waals surface area contributed by atoms with E-state index in [4.69, 9.17) is 23.2 Å². The molecule has 0 aromatic heterocycles. The number of Topliss-reactive ketones (excluding diaryl/α,β-unsaturated/α-hetero) is 1. The Morgan fingerprint density at radius 3 is 2.68 bits per heavy atom. The van der Waals surface area contributed by atoms with Gasteiger partial charge >= 0.3 is 0 Å². The third-order valence-corrected chi connectivity index (χ3v) is 4.45. The monoisotopic (exact) mass is 374 g/mol. The van der Waals surface area contributed by atoms with Gasteiger partial charge in [0.1, 0.15) is 0 Å². The number of hydrogen-bond acceptors (Lipinski definition) is 2. The van der Waals surface area contributed by atoms with Crippen LogP contribution in [-0.2, 0) is 0 Å². The van der Waals surface area contributed by atoms with E-state index in [0.29, 0.717) is 21.4 Å². The molecule has 0 saturated carbocycles. The van der Waals surface area contributed by atoms with Crippen molar-refractivity contribution in [1.82, 2.24) is 0 Å². The minimum absolute atomic E-state index is 0.0301. The molecule has 2 aromatic rings. The molecular formula is C14H9BrCl2OS. The van der Waals surface area contributed by atoms with Crippen LogP contribution in [0.5, 0.6) is 0 Å². The van der Waals surface area contributed by atoms with E-state index in [2.05, 4.69) is 15.9 Å². The summed E-state index contributed by atoms with van der Waals surface area (Å²) in [6, 6.07) is 12.7. The van der Waals surface area contributed by atoms with Gasteiger partial charge in [-0.25, -0.2) is 0 Å². The molecule has 2 rings (SSSR count). The van der Waals surface area contributed by atoms with Crippen LogP contribution in [0.1, 0.15) is 10.4 Å². The van der Waals surface area contributed by atoms with Gasteiger partial charge in [0, 0.05) is 20.0 Å². The second kappa shape index (κ2) is 6.80. The first-order valence-corrected chi connectivity index (χ1v) is 7.96. The third-order valence-electron chi connectivity index (χ3n) is 2.39. The number of carbonyl (C=O) groups is 1. The van der Waals surface area contributed by atoms with Crippen LogP contribution in [0, 0.1) is 0 Å². The molecule has 0 unspecified atom stereocenters. The van der Waals surface area contributed by atoms with Crippen molar-refractivity contribution in [3.8, 4) is 0 Å². The van der Waals surface area contributed by atoms with Crippen LogP contribution in [0.4, 0.5) is 0 Å². The minimum atomic E-state index is -0.0301. The second-order valence-corrected chi connectivity index (χ2v) is 6.60. The Labute approximate surface area is 134 Å². The molecule has 0 aliphatic carbocycles. The predicted octanol–water partition coefficient (Wildman–Crippen LogP) is 5.73. The Morgan fingerprint density at radius 1 is 1.16 bits per heavy atom. The maximum absolute atomic E-state index is 12.1. The highest BCUT2D eigenvalue weighted by Crippen LogP contribution is 2.26. The van der Waals surface area contributed by atoms with E-state index >= 15 is 0 Å². The number of hydrogen-bond donors (Lipinski definition) is 0. The number of benzene rings is 2. The summed E-state index contributed by atoms with van der Waals surface area (Å²) in [5, 5.41) is 0.949. The van der Waals surface area contributed by atoms with Crippen molar-refractivity contribution in [2.75, 3.05) is 5.75 Å². The molecular weight excluding hydrogens is 367 g/mol. The summed E-state index contributed by atoms with van der Waals surface area (Å²) in [6.07, 6.45) is 0. The van der Waals surface area contributed by atoms with E-state index in [1.54, 1.807) is 18.2 Å². The van der Waals surface area contributed by atoms with Crippen molar-refractivity contribution in [1.29, 1.82) is 0 Å². The lowest BCUT2D eigenvalue weighted by Gasteiger charge is -2.05. The van der Waals surface area contributed by atoms with Gasteiger partial charge in [0.15, 0.2) is 5.78 Å². The molecule has 0 spiro atoms. The molecule has 2 aromatic carbocycles. The highest BCUT2D eigenvalue weighted by molar-refractivity contribution is 9.10. The Bertz CT molecular complexity index is 616. The normalized spacial score (nSPS) is 10.5. The number of ketones is 1. The highest BCUT2D eigenvalue weighted by atomic mass is 79.9. The zero-order valence-corrected chi connectivity index (χ0v) is 13.6. The van der Waals surface area contributed by atoms with Crippen molar-refractivity contribution in [2.45, 2.75) is 4.90 Å². The fourth-order valence-electron chi connectivity index (χ4n) is 1.49. The maximum atomic E-state index is 12.1. The molecule has 0 fully saturated rings. The fourth-order valence-corrected chi connectivity index (χ4v) is 3.28. The number of carbonyl (C=O) groups excluding carboxylic acids is 1. The average Bonchev–Trinajstić information content (AvgIpc) is 2.39. The van der Waals surface area contributed by atoms with Crippen LogP contribution in [0.2, 0.25) is 10.0 Å². The van der Waals surface area contributed by atoms with Gasteiger partial charge in [0.05, 0.1) is 10.8 Å². The molecule has 0 radical (unpaired) electrons. The van der Waals surface area contributed by atoms with E-state index in [9.17, 15) is 4.79 Å². The number of halogens is 3. The topological polar surface area (TPSA) is 17.1 Å². The smallest absolute Gasteiger partial charge is 0.174 e. The summed E-state index contributed by atoms with van der Waals surface area (Å²) in [7, 11) is 0. The highest BCUT2D eigenvalue weighted by Gasteiger charge is 2.11. The first-order valence-electron chi connectivity index (χ1n) is 5.43. The van der Waals surface area contributed by atoms with E-state index < -0.39 is 0 Å². The Hall–Kier alpha value is -0.480. The average molecular weight is 376 g/mol. The summed E-state index contributed by atoms with van der Waals surface area (Å²) in [6.45, 7) is 0. The SMILES string of the molecule is O=C(CSc1cccc(Br)c1)c1cc(Cl)ccc1Cl. The summed E-state index contributed by atoms with van der Waals surface area (Å²) >= 11 is 16.7. The van der Waals surface area contributed by atoms with Crippen LogP contribution in [-0.4, -0.2) is 11.5 Å². The van der Waals surface area contributed by atoms with Crippen LogP contribution in [0.15, 0.2) is 51.8 Å². The summed E-state index contributed by atoms with van der Waals surface area (Å²) in [5.41, 5.74) is 0.469. The van der Waals surface area contributed by atoms with Gasteiger partial charge < -0.3 is 0 Å². The summed E-state index contributed by atoms with van der Waals surface area (Å²) < 4.78 is 0.991. The van der Waals surface area contributed by atoms with Crippen LogP contribution < -0.4 is 0 Å². The van der Waals surface area contributed by atoms with Gasteiger partial charge in [-0.15, -0.1) is 11.8 Å². The molecule has 0 N–H and O–H groups in total. The van der Waals surface area contributed by atoms with Crippen LogP contribution >= 0.6 is 50.9 Å². The predicted molar refractivity (Wildman–Crippen MR) is 85.7 cm³/mol. The van der Waals surface area contributed by atoms with Crippen LogP contribution in [0.25, 0.3) is 0 Å². The summed E-state index contributed by atoms with van der Waals surface area (Å²) in [4.78, 5) is 13.1. The summed E-state index contributed by atoms with van der Waals surface area (Å²) in [5.74, 6) is 0.300. The van der Waals surface area contributed by atoms with Crippen LogP contribution in [0.3, 0.4) is 0 Å². The van der Waals surface area contributed by atoms with Gasteiger partial charge in [-0.2, -0.15) is 0 Å². The molecule has 5 heteroatoms. The quantitative estimate of drug-likeness (QED) is 0.501. The lowest BCUT2D eigenvalue weighted by molar-refractivity contribution is 0.102. The molecule has 0 aliphatic heterocycles. The fraction of sp³-hybridized carbons (Fsp3) is 0.0714. The van der Waals surface area contributed by atoms with Crippen molar-refractivity contribution < 1.29 is 4.79 Å². The molecule has 0 saturated heterocycles. The zero-order chi connectivity index (χ0) is 13.8. The van der Waals surface area contributed by atoms with Crippen molar-refractivity contribution in [3.05, 3.63) is 62.5 Å². The third kappa shape index (κ3) is 4.25. The first kappa shape index (κ1) is 14.9. The van der Waals surface area contributed by atoms with E-state index in [0.717, 1.165) is 9.37 Å². The van der Waals surface area contributed by atoms with Gasteiger partial charge in [-0.3, -0.25) is 4.79 Å². The van der Waals surface area contributed by atoms with Gasteiger partial charge in [0.2, 0.25) is 0 Å². The molecule has 0 bridgehead atoms. The lowest BCUT2D eigenvalue weighted by atomic mass is 10.1. The molecule has 19 heavy (non-hydrogen) atoms. The molecule has 1 nitrogen and oxygen atoms in total. The lowest BCUT2D eigenvalue weighted by Crippen LogP contribution is -2.03. The Balaban J connectivity index is 2.07. The second-order valence-electron chi connectivity index (χ2n) is 3.79. The molecule has 0 amide bonds. The van der Waals surface area contributed by atoms with Gasteiger partial charge in [-0.1, -0.05) is 45.2 Å². The van der Waals surface area contributed by atoms with Crippen molar-refractivity contribution in [2.24, 2.45) is 0 Å². The van der Waals surface area contributed by atoms with Gasteiger partial charge in [0.25, 0.3) is 0 Å².